The number of hydrogen-bond donors (Lipinski definition) is 2. The third kappa shape index (κ3) is 6.22. The van der Waals surface area contributed by atoms with Crippen LogP contribution < -0.4 is 20.3 Å². The molecule has 0 saturated heterocycles. The molecule has 2 aromatic rings. The average Bonchev–Trinajstić information content (AvgIpc) is 3.04. The Morgan fingerprint density at radius 1 is 1.40 bits per heavy atom. The number of hydrogen-bond acceptors (Lipinski definition) is 5. The average molecular weight is 365 g/mol. The third-order valence-electron chi connectivity index (χ3n) is 3.27. The highest BCUT2D eigenvalue weighted by Crippen LogP contribution is 2.17. The lowest BCUT2D eigenvalue weighted by atomic mass is 10.3. The lowest BCUT2D eigenvalue weighted by Crippen LogP contribution is -2.41. The van der Waals surface area contributed by atoms with Gasteiger partial charge in [0.25, 0.3) is 0 Å². The van der Waals surface area contributed by atoms with Crippen LogP contribution in [0.2, 0.25) is 0 Å². The predicted octanol–water partition coefficient (Wildman–Crippen LogP) is 2.48. The Morgan fingerprint density at radius 3 is 2.84 bits per heavy atom. The monoisotopic (exact) mass is 365 g/mol. The summed E-state index contributed by atoms with van der Waals surface area (Å²) in [6.45, 7) is 3.04. The minimum Gasteiger partial charge on any atom is -0.489 e. The van der Waals surface area contributed by atoms with Crippen LogP contribution in [0.5, 0.6) is 5.75 Å². The number of nitrogens with zero attached hydrogens (tertiary/aromatic N) is 3. The standard InChI is InChI=1S/C17H24FN5OS/c1-12(24-15-7-5-6-13(18)8-15)9-20-16(19-2)21-10-14-11-25-17(22-14)23(3)4/h5-8,11-12H,9-10H2,1-4H3,(H2,19,20,21). The van der Waals surface area contributed by atoms with Crippen molar-refractivity contribution >= 4 is 22.4 Å². The maximum atomic E-state index is 13.2. The molecule has 1 unspecified atom stereocenters. The molecule has 1 atom stereocenters. The summed E-state index contributed by atoms with van der Waals surface area (Å²) in [5, 5.41) is 9.39. The van der Waals surface area contributed by atoms with E-state index in [0.717, 1.165) is 10.8 Å². The fourth-order valence-corrected chi connectivity index (χ4v) is 2.79. The summed E-state index contributed by atoms with van der Waals surface area (Å²) in [7, 11) is 5.65. The molecule has 0 amide bonds. The van der Waals surface area contributed by atoms with Crippen molar-refractivity contribution in [2.45, 2.75) is 19.6 Å². The number of anilines is 1. The number of aliphatic imine (C=N–C) groups is 1. The van der Waals surface area contributed by atoms with Crippen molar-refractivity contribution in [2.24, 2.45) is 4.99 Å². The summed E-state index contributed by atoms with van der Waals surface area (Å²) in [5.41, 5.74) is 0.959. The Balaban J connectivity index is 1.77. The predicted molar refractivity (Wildman–Crippen MR) is 101 cm³/mol. The van der Waals surface area contributed by atoms with E-state index in [1.54, 1.807) is 30.5 Å². The van der Waals surface area contributed by atoms with E-state index in [0.29, 0.717) is 24.8 Å². The van der Waals surface area contributed by atoms with Gasteiger partial charge in [0.15, 0.2) is 11.1 Å². The minimum absolute atomic E-state index is 0.139. The molecule has 8 heteroatoms. The number of thiazole rings is 1. The van der Waals surface area contributed by atoms with Crippen molar-refractivity contribution in [1.82, 2.24) is 15.6 Å². The molecule has 0 saturated carbocycles. The summed E-state index contributed by atoms with van der Waals surface area (Å²) < 4.78 is 18.8. The molecule has 0 radical (unpaired) electrons. The molecule has 1 aromatic carbocycles. The van der Waals surface area contributed by atoms with Crippen molar-refractivity contribution < 1.29 is 9.13 Å². The van der Waals surface area contributed by atoms with Crippen LogP contribution in [0.25, 0.3) is 0 Å². The summed E-state index contributed by atoms with van der Waals surface area (Å²) >= 11 is 1.60. The zero-order chi connectivity index (χ0) is 18.2. The zero-order valence-electron chi connectivity index (χ0n) is 14.9. The molecule has 25 heavy (non-hydrogen) atoms. The number of halogens is 1. The SMILES string of the molecule is CN=C(NCc1csc(N(C)C)n1)NCC(C)Oc1cccc(F)c1. The van der Waals surface area contributed by atoms with E-state index < -0.39 is 0 Å². The van der Waals surface area contributed by atoms with E-state index in [1.165, 1.54) is 12.1 Å². The summed E-state index contributed by atoms with van der Waals surface area (Å²) in [6.07, 6.45) is -0.139. The normalized spacial score (nSPS) is 12.6. The van der Waals surface area contributed by atoms with Gasteiger partial charge < -0.3 is 20.3 Å². The number of aromatic nitrogens is 1. The lowest BCUT2D eigenvalue weighted by molar-refractivity contribution is 0.223. The summed E-state index contributed by atoms with van der Waals surface area (Å²) in [5.74, 6) is 0.862. The smallest absolute Gasteiger partial charge is 0.191 e. The molecule has 136 valence electrons. The molecule has 6 nitrogen and oxygen atoms in total. The molecule has 0 aliphatic rings. The molecule has 0 aliphatic heterocycles. The quantitative estimate of drug-likeness (QED) is 0.583. The lowest BCUT2D eigenvalue weighted by Gasteiger charge is -2.17. The van der Waals surface area contributed by atoms with Gasteiger partial charge >= 0.3 is 0 Å². The highest BCUT2D eigenvalue weighted by molar-refractivity contribution is 7.13. The van der Waals surface area contributed by atoms with E-state index in [9.17, 15) is 4.39 Å². The van der Waals surface area contributed by atoms with Crippen LogP contribution in [0, 0.1) is 5.82 Å². The second kappa shape index (κ2) is 9.22. The van der Waals surface area contributed by atoms with Crippen molar-refractivity contribution in [1.29, 1.82) is 0 Å². The first-order chi connectivity index (χ1) is 12.0. The topological polar surface area (TPSA) is 61.8 Å². The molecule has 0 aliphatic carbocycles. The molecule has 0 bridgehead atoms. The summed E-state index contributed by atoms with van der Waals surface area (Å²) in [4.78, 5) is 10.7. The highest BCUT2D eigenvalue weighted by atomic mass is 32.1. The van der Waals surface area contributed by atoms with Gasteiger partial charge in [-0.25, -0.2) is 9.37 Å². The van der Waals surface area contributed by atoms with Gasteiger partial charge in [-0.15, -0.1) is 11.3 Å². The first kappa shape index (κ1) is 19.0. The first-order valence-electron chi connectivity index (χ1n) is 7.96. The van der Waals surface area contributed by atoms with Gasteiger partial charge in [0.05, 0.1) is 18.8 Å². The van der Waals surface area contributed by atoms with Crippen LogP contribution in [0.15, 0.2) is 34.6 Å². The van der Waals surface area contributed by atoms with Gasteiger partial charge in [-0.2, -0.15) is 0 Å². The molecular formula is C17H24FN5OS. The molecule has 1 heterocycles. The van der Waals surface area contributed by atoms with Crippen LogP contribution >= 0.6 is 11.3 Å². The van der Waals surface area contributed by atoms with Gasteiger partial charge in [-0.3, -0.25) is 4.99 Å². The van der Waals surface area contributed by atoms with Crippen molar-refractivity contribution in [3.05, 3.63) is 41.2 Å². The van der Waals surface area contributed by atoms with Crippen molar-refractivity contribution in [2.75, 3.05) is 32.6 Å². The molecule has 0 spiro atoms. The van der Waals surface area contributed by atoms with Gasteiger partial charge in [0.2, 0.25) is 0 Å². The second-order valence-corrected chi connectivity index (χ2v) is 6.54. The number of benzene rings is 1. The van der Waals surface area contributed by atoms with Crippen LogP contribution in [0.1, 0.15) is 12.6 Å². The molecule has 1 aromatic heterocycles. The number of rotatable bonds is 7. The van der Waals surface area contributed by atoms with E-state index in [2.05, 4.69) is 20.6 Å². The van der Waals surface area contributed by atoms with E-state index in [4.69, 9.17) is 4.74 Å². The Labute approximate surface area is 151 Å². The zero-order valence-corrected chi connectivity index (χ0v) is 15.7. The number of guanidine groups is 1. The van der Waals surface area contributed by atoms with Crippen LogP contribution in [-0.4, -0.2) is 44.7 Å². The van der Waals surface area contributed by atoms with Crippen LogP contribution in [0.4, 0.5) is 9.52 Å². The van der Waals surface area contributed by atoms with Gasteiger partial charge in [0.1, 0.15) is 17.7 Å². The maximum Gasteiger partial charge on any atom is 0.191 e. The van der Waals surface area contributed by atoms with Gasteiger partial charge in [-0.05, 0) is 19.1 Å². The first-order valence-corrected chi connectivity index (χ1v) is 8.84. The number of nitrogens with one attached hydrogen (secondary N) is 2. The van der Waals surface area contributed by atoms with E-state index in [-0.39, 0.29) is 11.9 Å². The number of ether oxygens (including phenoxy) is 1. The molecular weight excluding hydrogens is 341 g/mol. The van der Waals surface area contributed by atoms with Crippen molar-refractivity contribution in [3.8, 4) is 5.75 Å². The minimum atomic E-state index is -0.310. The van der Waals surface area contributed by atoms with Gasteiger partial charge in [-0.1, -0.05) is 6.07 Å². The largest absolute Gasteiger partial charge is 0.489 e. The van der Waals surface area contributed by atoms with E-state index in [1.807, 2.05) is 31.3 Å². The van der Waals surface area contributed by atoms with Crippen molar-refractivity contribution in [3.63, 3.8) is 0 Å². The molecule has 2 N–H and O–H groups in total. The Bertz CT molecular complexity index is 704. The Kier molecular flexibility index (Phi) is 7.00. The van der Waals surface area contributed by atoms with Crippen LogP contribution in [-0.2, 0) is 6.54 Å². The fourth-order valence-electron chi connectivity index (χ4n) is 2.03. The second-order valence-electron chi connectivity index (χ2n) is 5.71. The Hall–Kier alpha value is -2.35. The third-order valence-corrected chi connectivity index (χ3v) is 4.33. The van der Waals surface area contributed by atoms with E-state index >= 15 is 0 Å². The van der Waals surface area contributed by atoms with Gasteiger partial charge in [0, 0.05) is 32.6 Å². The fraction of sp³-hybridized carbons (Fsp3) is 0.412. The maximum absolute atomic E-state index is 13.2. The van der Waals surface area contributed by atoms with Crippen LogP contribution in [0.3, 0.4) is 0 Å². The Morgan fingerprint density at radius 2 is 2.20 bits per heavy atom. The highest BCUT2D eigenvalue weighted by Gasteiger charge is 2.08. The summed E-state index contributed by atoms with van der Waals surface area (Å²) in [6, 6.07) is 6.12. The molecule has 2 rings (SSSR count). The molecule has 0 fully saturated rings.